The van der Waals surface area contributed by atoms with Crippen molar-refractivity contribution in [2.45, 2.75) is 71.1 Å². The number of azo groups is 1. The van der Waals surface area contributed by atoms with E-state index in [0.717, 1.165) is 24.2 Å². The van der Waals surface area contributed by atoms with Crippen molar-refractivity contribution >= 4 is 17.2 Å². The first-order valence-corrected chi connectivity index (χ1v) is 9.61. The van der Waals surface area contributed by atoms with Crippen LogP contribution in [0.2, 0.25) is 0 Å². The zero-order valence-electron chi connectivity index (χ0n) is 15.7. The molecule has 25 heavy (non-hydrogen) atoms. The fourth-order valence-electron chi connectivity index (χ4n) is 2.67. The molecule has 0 spiro atoms. The third kappa shape index (κ3) is 9.80. The van der Waals surface area contributed by atoms with Crippen LogP contribution in [0, 0.1) is 0 Å². The van der Waals surface area contributed by atoms with Crippen LogP contribution in [0.5, 0.6) is 0 Å². The standard InChI is InChI=1S/C21H33N3O/c1-3-4-5-6-7-8-9-10-11-12-17-23-24-20-15-13-19(14-16-20)18(2)21(22)25/h13-16H,2-12,17H2,1H3,(H2,22,25). The Labute approximate surface area is 152 Å². The quantitative estimate of drug-likeness (QED) is 0.244. The molecule has 0 bridgehead atoms. The lowest BCUT2D eigenvalue weighted by atomic mass is 10.1. The maximum atomic E-state index is 11.1. The van der Waals surface area contributed by atoms with E-state index in [1.54, 1.807) is 12.1 Å². The minimum atomic E-state index is -0.504. The van der Waals surface area contributed by atoms with Gasteiger partial charge in [0.05, 0.1) is 12.2 Å². The van der Waals surface area contributed by atoms with E-state index in [9.17, 15) is 4.79 Å². The molecule has 138 valence electrons. The van der Waals surface area contributed by atoms with Gasteiger partial charge in [0.1, 0.15) is 0 Å². The summed E-state index contributed by atoms with van der Waals surface area (Å²) < 4.78 is 0. The van der Waals surface area contributed by atoms with Crippen LogP contribution in [-0.2, 0) is 4.79 Å². The van der Waals surface area contributed by atoms with Gasteiger partial charge in [0.15, 0.2) is 0 Å². The number of unbranched alkanes of at least 4 members (excludes halogenated alkanes) is 9. The summed E-state index contributed by atoms with van der Waals surface area (Å²) in [5, 5.41) is 8.44. The second-order valence-corrected chi connectivity index (χ2v) is 6.54. The summed E-state index contributed by atoms with van der Waals surface area (Å²) in [6, 6.07) is 7.24. The summed E-state index contributed by atoms with van der Waals surface area (Å²) in [6.45, 7) is 6.69. The Kier molecular flexibility index (Phi) is 11.2. The maximum absolute atomic E-state index is 11.1. The Bertz CT molecular complexity index is 535. The third-order valence-corrected chi connectivity index (χ3v) is 4.31. The predicted octanol–water partition coefficient (Wildman–Crippen LogP) is 6.19. The van der Waals surface area contributed by atoms with Gasteiger partial charge in [0.2, 0.25) is 5.91 Å². The van der Waals surface area contributed by atoms with Crippen LogP contribution in [0.1, 0.15) is 76.7 Å². The normalized spacial score (nSPS) is 11.1. The summed E-state index contributed by atoms with van der Waals surface area (Å²) in [7, 11) is 0. The van der Waals surface area contributed by atoms with Crippen LogP contribution < -0.4 is 5.73 Å². The molecule has 1 amide bonds. The molecule has 0 saturated heterocycles. The van der Waals surface area contributed by atoms with Crippen molar-refractivity contribution in [2.75, 3.05) is 6.54 Å². The lowest BCUT2D eigenvalue weighted by Crippen LogP contribution is -2.11. The second-order valence-electron chi connectivity index (χ2n) is 6.54. The number of carbonyl (C=O) groups excluding carboxylic acids is 1. The number of hydrogen-bond donors (Lipinski definition) is 1. The van der Waals surface area contributed by atoms with Gasteiger partial charge in [-0.15, -0.1) is 0 Å². The Balaban J connectivity index is 2.08. The molecule has 2 N–H and O–H groups in total. The number of benzene rings is 1. The predicted molar refractivity (Wildman–Crippen MR) is 106 cm³/mol. The molecule has 0 aliphatic carbocycles. The van der Waals surface area contributed by atoms with Crippen molar-refractivity contribution in [3.63, 3.8) is 0 Å². The third-order valence-electron chi connectivity index (χ3n) is 4.31. The van der Waals surface area contributed by atoms with Crippen molar-refractivity contribution in [1.29, 1.82) is 0 Å². The van der Waals surface area contributed by atoms with Crippen LogP contribution in [-0.4, -0.2) is 12.5 Å². The molecule has 0 radical (unpaired) electrons. The Hall–Kier alpha value is -1.97. The fourth-order valence-corrected chi connectivity index (χ4v) is 2.67. The molecule has 0 heterocycles. The number of nitrogens with two attached hydrogens (primary N) is 1. The first kappa shape index (κ1) is 21.1. The molecule has 0 aromatic heterocycles. The summed E-state index contributed by atoms with van der Waals surface area (Å²) in [5.41, 5.74) is 7.03. The number of rotatable bonds is 14. The molecule has 0 saturated carbocycles. The van der Waals surface area contributed by atoms with E-state index in [4.69, 9.17) is 5.73 Å². The summed E-state index contributed by atoms with van der Waals surface area (Å²) in [6.07, 6.45) is 13.2. The van der Waals surface area contributed by atoms with Crippen molar-refractivity contribution in [3.8, 4) is 0 Å². The van der Waals surface area contributed by atoms with Crippen LogP contribution in [0.3, 0.4) is 0 Å². The van der Waals surface area contributed by atoms with Gasteiger partial charge in [-0.25, -0.2) is 0 Å². The minimum absolute atomic E-state index is 0.314. The first-order valence-electron chi connectivity index (χ1n) is 9.61. The van der Waals surface area contributed by atoms with Gasteiger partial charge >= 0.3 is 0 Å². The number of hydrogen-bond acceptors (Lipinski definition) is 3. The highest BCUT2D eigenvalue weighted by molar-refractivity contribution is 6.17. The second kappa shape index (κ2) is 13.3. The molecule has 0 atom stereocenters. The Morgan fingerprint density at radius 1 is 0.920 bits per heavy atom. The average Bonchev–Trinajstić information content (AvgIpc) is 2.62. The zero-order chi connectivity index (χ0) is 18.3. The van der Waals surface area contributed by atoms with E-state index in [1.165, 1.54) is 57.8 Å². The summed E-state index contributed by atoms with van der Waals surface area (Å²) in [4.78, 5) is 11.1. The van der Waals surface area contributed by atoms with Crippen LogP contribution >= 0.6 is 0 Å². The SMILES string of the molecule is C=C(C(N)=O)c1ccc(N=NCCCCCCCCCCCC)cc1. The smallest absolute Gasteiger partial charge is 0.248 e. The highest BCUT2D eigenvalue weighted by atomic mass is 16.1. The van der Waals surface area contributed by atoms with Crippen molar-refractivity contribution in [1.82, 2.24) is 0 Å². The number of primary amides is 1. The van der Waals surface area contributed by atoms with Gasteiger partial charge in [-0.2, -0.15) is 10.2 Å². The lowest BCUT2D eigenvalue weighted by Gasteiger charge is -2.01. The molecule has 4 nitrogen and oxygen atoms in total. The first-order chi connectivity index (χ1) is 12.1. The molecule has 0 fully saturated rings. The van der Waals surface area contributed by atoms with Crippen LogP contribution in [0.25, 0.3) is 5.57 Å². The van der Waals surface area contributed by atoms with Gasteiger partial charge in [-0.05, 0) is 24.1 Å². The molecule has 1 rings (SSSR count). The van der Waals surface area contributed by atoms with Gasteiger partial charge in [0, 0.05) is 5.57 Å². The zero-order valence-corrected chi connectivity index (χ0v) is 15.7. The van der Waals surface area contributed by atoms with E-state index in [1.807, 2.05) is 12.1 Å². The topological polar surface area (TPSA) is 67.8 Å². The molecular weight excluding hydrogens is 310 g/mol. The van der Waals surface area contributed by atoms with E-state index in [0.29, 0.717) is 5.57 Å². The van der Waals surface area contributed by atoms with E-state index in [-0.39, 0.29) is 0 Å². The van der Waals surface area contributed by atoms with Crippen molar-refractivity contribution in [2.24, 2.45) is 16.0 Å². The Morgan fingerprint density at radius 3 is 1.96 bits per heavy atom. The maximum Gasteiger partial charge on any atom is 0.248 e. The van der Waals surface area contributed by atoms with Crippen molar-refractivity contribution in [3.05, 3.63) is 36.4 Å². The molecule has 0 unspecified atom stereocenters. The largest absolute Gasteiger partial charge is 0.366 e. The van der Waals surface area contributed by atoms with Gasteiger partial charge < -0.3 is 5.73 Å². The fraction of sp³-hybridized carbons (Fsp3) is 0.571. The number of nitrogens with zero attached hydrogens (tertiary/aromatic N) is 2. The van der Waals surface area contributed by atoms with Gasteiger partial charge in [-0.1, -0.05) is 83.4 Å². The molecule has 4 heteroatoms. The highest BCUT2D eigenvalue weighted by Crippen LogP contribution is 2.18. The molecular formula is C21H33N3O. The molecule has 1 aromatic carbocycles. The summed E-state index contributed by atoms with van der Waals surface area (Å²) in [5.74, 6) is -0.504. The summed E-state index contributed by atoms with van der Waals surface area (Å²) >= 11 is 0. The monoisotopic (exact) mass is 343 g/mol. The van der Waals surface area contributed by atoms with E-state index in [2.05, 4.69) is 23.7 Å². The molecule has 0 aliphatic heterocycles. The Morgan fingerprint density at radius 2 is 1.44 bits per heavy atom. The van der Waals surface area contributed by atoms with E-state index < -0.39 is 5.91 Å². The average molecular weight is 344 g/mol. The molecule has 1 aromatic rings. The lowest BCUT2D eigenvalue weighted by molar-refractivity contribution is -0.112. The number of carbonyl (C=O) groups is 1. The van der Waals surface area contributed by atoms with Crippen LogP contribution in [0.4, 0.5) is 5.69 Å². The van der Waals surface area contributed by atoms with Gasteiger partial charge in [-0.3, -0.25) is 4.79 Å². The number of amides is 1. The van der Waals surface area contributed by atoms with Crippen molar-refractivity contribution < 1.29 is 4.79 Å². The van der Waals surface area contributed by atoms with Gasteiger partial charge in [0.25, 0.3) is 0 Å². The van der Waals surface area contributed by atoms with E-state index >= 15 is 0 Å². The molecule has 0 aliphatic rings. The highest BCUT2D eigenvalue weighted by Gasteiger charge is 2.04. The van der Waals surface area contributed by atoms with Crippen LogP contribution in [0.15, 0.2) is 41.1 Å². The minimum Gasteiger partial charge on any atom is -0.366 e.